The number of benzene rings is 1. The molecule has 1 aliphatic heterocycles. The highest BCUT2D eigenvalue weighted by molar-refractivity contribution is 7.99. The summed E-state index contributed by atoms with van der Waals surface area (Å²) in [6.07, 6.45) is 3.44. The van der Waals surface area contributed by atoms with E-state index >= 15 is 0 Å². The fourth-order valence-corrected chi connectivity index (χ4v) is 3.65. The lowest BCUT2D eigenvalue weighted by Gasteiger charge is -2.22. The van der Waals surface area contributed by atoms with E-state index < -0.39 is 6.10 Å². The van der Waals surface area contributed by atoms with Crippen LogP contribution in [0.25, 0.3) is 0 Å². The van der Waals surface area contributed by atoms with E-state index in [2.05, 4.69) is 5.32 Å². The van der Waals surface area contributed by atoms with Gasteiger partial charge in [-0.15, -0.1) is 0 Å². The topological polar surface area (TPSA) is 41.5 Å². The standard InChI is InChI=1S/C15H22ClNO2S/c16-14-6-1-2-7-15(14)19-11-12(18)9-17-10-13-5-3-4-8-20-13/h1-2,6-7,12-13,17-18H,3-5,8-11H2. The Hall–Kier alpha value is -0.420. The minimum absolute atomic E-state index is 0.258. The van der Waals surface area contributed by atoms with Crippen molar-refractivity contribution >= 4 is 23.4 Å². The van der Waals surface area contributed by atoms with Gasteiger partial charge in [0, 0.05) is 18.3 Å². The summed E-state index contributed by atoms with van der Waals surface area (Å²) >= 11 is 8.02. The van der Waals surface area contributed by atoms with Crippen LogP contribution >= 0.6 is 23.4 Å². The Kier molecular flexibility index (Phi) is 7.00. The lowest BCUT2D eigenvalue weighted by molar-refractivity contribution is 0.106. The van der Waals surface area contributed by atoms with Crippen molar-refractivity contribution in [2.45, 2.75) is 30.6 Å². The van der Waals surface area contributed by atoms with Crippen LogP contribution in [0.5, 0.6) is 5.75 Å². The molecule has 0 radical (unpaired) electrons. The lowest BCUT2D eigenvalue weighted by atomic mass is 10.2. The second-order valence-corrected chi connectivity index (χ2v) is 6.86. The molecule has 0 aromatic heterocycles. The van der Waals surface area contributed by atoms with Gasteiger partial charge >= 0.3 is 0 Å². The third-order valence-electron chi connectivity index (χ3n) is 3.29. The second kappa shape index (κ2) is 8.78. The van der Waals surface area contributed by atoms with E-state index in [1.807, 2.05) is 23.9 Å². The average molecular weight is 316 g/mol. The van der Waals surface area contributed by atoms with Crippen molar-refractivity contribution in [2.24, 2.45) is 0 Å². The molecule has 0 saturated carbocycles. The van der Waals surface area contributed by atoms with Crippen LogP contribution in [0.15, 0.2) is 24.3 Å². The van der Waals surface area contributed by atoms with Crippen molar-refractivity contribution in [3.8, 4) is 5.75 Å². The normalized spacial score (nSPS) is 20.6. The molecule has 2 N–H and O–H groups in total. The number of ether oxygens (including phenoxy) is 1. The molecule has 1 heterocycles. The van der Waals surface area contributed by atoms with Gasteiger partial charge in [0.25, 0.3) is 0 Å². The lowest BCUT2D eigenvalue weighted by Crippen LogP contribution is -2.35. The van der Waals surface area contributed by atoms with Gasteiger partial charge in [-0.2, -0.15) is 11.8 Å². The summed E-state index contributed by atoms with van der Waals surface area (Å²) in [6, 6.07) is 7.31. The van der Waals surface area contributed by atoms with E-state index in [1.54, 1.807) is 12.1 Å². The zero-order valence-electron chi connectivity index (χ0n) is 11.6. The number of para-hydroxylation sites is 1. The van der Waals surface area contributed by atoms with Gasteiger partial charge in [0.15, 0.2) is 0 Å². The second-order valence-electron chi connectivity index (χ2n) is 5.04. The molecule has 3 nitrogen and oxygen atoms in total. The van der Waals surface area contributed by atoms with Crippen molar-refractivity contribution in [2.75, 3.05) is 25.4 Å². The molecule has 1 aromatic carbocycles. The maximum atomic E-state index is 9.89. The van der Waals surface area contributed by atoms with Gasteiger partial charge in [0.05, 0.1) is 5.02 Å². The minimum Gasteiger partial charge on any atom is -0.489 e. The Bertz CT molecular complexity index is 399. The van der Waals surface area contributed by atoms with Crippen LogP contribution in [0.2, 0.25) is 5.02 Å². The molecule has 112 valence electrons. The fraction of sp³-hybridized carbons (Fsp3) is 0.600. The Morgan fingerprint density at radius 3 is 3.00 bits per heavy atom. The van der Waals surface area contributed by atoms with Gasteiger partial charge in [0.1, 0.15) is 18.5 Å². The van der Waals surface area contributed by atoms with Crippen LogP contribution in [0.3, 0.4) is 0 Å². The molecule has 1 aromatic rings. The van der Waals surface area contributed by atoms with Crippen molar-refractivity contribution in [1.82, 2.24) is 5.32 Å². The highest BCUT2D eigenvalue weighted by Gasteiger charge is 2.14. The molecule has 1 saturated heterocycles. The fourth-order valence-electron chi connectivity index (χ4n) is 2.19. The monoisotopic (exact) mass is 315 g/mol. The molecule has 1 aliphatic rings. The summed E-state index contributed by atoms with van der Waals surface area (Å²) in [6.45, 7) is 1.78. The maximum absolute atomic E-state index is 9.89. The van der Waals surface area contributed by atoms with Crippen LogP contribution in [-0.4, -0.2) is 41.9 Å². The number of nitrogens with one attached hydrogen (secondary N) is 1. The molecule has 2 atom stereocenters. The van der Waals surface area contributed by atoms with Crippen molar-refractivity contribution < 1.29 is 9.84 Å². The van der Waals surface area contributed by atoms with Crippen LogP contribution in [0.1, 0.15) is 19.3 Å². The van der Waals surface area contributed by atoms with Crippen molar-refractivity contribution in [1.29, 1.82) is 0 Å². The molecule has 0 spiro atoms. The van der Waals surface area contributed by atoms with Gasteiger partial charge in [-0.1, -0.05) is 30.2 Å². The van der Waals surface area contributed by atoms with Crippen LogP contribution in [0.4, 0.5) is 0 Å². The van der Waals surface area contributed by atoms with E-state index in [4.69, 9.17) is 16.3 Å². The molecule has 20 heavy (non-hydrogen) atoms. The highest BCUT2D eigenvalue weighted by Crippen LogP contribution is 2.24. The van der Waals surface area contributed by atoms with Crippen molar-refractivity contribution in [3.63, 3.8) is 0 Å². The molecular formula is C15H22ClNO2S. The summed E-state index contributed by atoms with van der Waals surface area (Å²) in [4.78, 5) is 0. The van der Waals surface area contributed by atoms with E-state index in [0.717, 1.165) is 6.54 Å². The third-order valence-corrected chi connectivity index (χ3v) is 5.00. The average Bonchev–Trinajstić information content (AvgIpc) is 2.47. The number of halogens is 1. The molecule has 0 bridgehead atoms. The zero-order chi connectivity index (χ0) is 14.2. The number of aliphatic hydroxyl groups is 1. The number of thioether (sulfide) groups is 1. The van der Waals surface area contributed by atoms with E-state index in [0.29, 0.717) is 22.6 Å². The molecule has 0 amide bonds. The first-order chi connectivity index (χ1) is 9.75. The summed E-state index contributed by atoms with van der Waals surface area (Å²) in [5.41, 5.74) is 0. The van der Waals surface area contributed by atoms with Gasteiger partial charge in [-0.3, -0.25) is 0 Å². The first kappa shape index (κ1) is 16.0. The predicted molar refractivity (Wildman–Crippen MR) is 85.9 cm³/mol. The molecule has 5 heteroatoms. The number of hydrogen-bond donors (Lipinski definition) is 2. The summed E-state index contributed by atoms with van der Waals surface area (Å²) < 4.78 is 5.51. The van der Waals surface area contributed by atoms with Crippen LogP contribution in [0, 0.1) is 0 Å². The number of hydrogen-bond acceptors (Lipinski definition) is 4. The maximum Gasteiger partial charge on any atom is 0.138 e. The number of aliphatic hydroxyl groups excluding tert-OH is 1. The van der Waals surface area contributed by atoms with Crippen LogP contribution < -0.4 is 10.1 Å². The van der Waals surface area contributed by atoms with Crippen molar-refractivity contribution in [3.05, 3.63) is 29.3 Å². The predicted octanol–water partition coefficient (Wildman–Crippen LogP) is 2.96. The summed E-state index contributed by atoms with van der Waals surface area (Å²) in [5, 5.41) is 14.5. The molecule has 1 fully saturated rings. The first-order valence-electron chi connectivity index (χ1n) is 7.13. The Labute approximate surface area is 130 Å². The molecule has 0 aliphatic carbocycles. The SMILES string of the molecule is OC(CNCC1CCCCS1)COc1ccccc1Cl. The quantitative estimate of drug-likeness (QED) is 0.812. The minimum atomic E-state index is -0.514. The Morgan fingerprint density at radius 1 is 1.40 bits per heavy atom. The molecule has 2 unspecified atom stereocenters. The summed E-state index contributed by atoms with van der Waals surface area (Å²) in [7, 11) is 0. The van der Waals surface area contributed by atoms with Gasteiger partial charge in [-0.05, 0) is 30.7 Å². The summed E-state index contributed by atoms with van der Waals surface area (Å²) in [5.74, 6) is 1.89. The van der Waals surface area contributed by atoms with E-state index in [9.17, 15) is 5.11 Å². The Morgan fingerprint density at radius 2 is 2.25 bits per heavy atom. The smallest absolute Gasteiger partial charge is 0.138 e. The van der Waals surface area contributed by atoms with Crippen LogP contribution in [-0.2, 0) is 0 Å². The van der Waals surface area contributed by atoms with Gasteiger partial charge < -0.3 is 15.2 Å². The van der Waals surface area contributed by atoms with E-state index in [-0.39, 0.29) is 6.61 Å². The largest absolute Gasteiger partial charge is 0.489 e. The number of rotatable bonds is 7. The Balaban J connectivity index is 1.60. The molecule has 2 rings (SSSR count). The van der Waals surface area contributed by atoms with Gasteiger partial charge in [0.2, 0.25) is 0 Å². The van der Waals surface area contributed by atoms with E-state index in [1.165, 1.54) is 25.0 Å². The first-order valence-corrected chi connectivity index (χ1v) is 8.56. The molecular weight excluding hydrogens is 294 g/mol. The highest BCUT2D eigenvalue weighted by atomic mass is 35.5. The zero-order valence-corrected chi connectivity index (χ0v) is 13.1. The van der Waals surface area contributed by atoms with Gasteiger partial charge in [-0.25, -0.2) is 0 Å². The third kappa shape index (κ3) is 5.52.